The third kappa shape index (κ3) is 3.30. The fraction of sp³-hybridized carbons (Fsp3) is 0.545. The van der Waals surface area contributed by atoms with Gasteiger partial charge in [-0.05, 0) is 5.92 Å². The van der Waals surface area contributed by atoms with Crippen LogP contribution in [0.1, 0.15) is 25.5 Å². The van der Waals surface area contributed by atoms with E-state index in [1.165, 1.54) is 10.9 Å². The molecule has 18 heavy (non-hydrogen) atoms. The van der Waals surface area contributed by atoms with Crippen molar-refractivity contribution in [3.8, 4) is 0 Å². The summed E-state index contributed by atoms with van der Waals surface area (Å²) in [4.78, 5) is 22.9. The number of aryl methyl sites for hydroxylation is 1. The second-order valence-corrected chi connectivity index (χ2v) is 4.50. The van der Waals surface area contributed by atoms with Gasteiger partial charge in [-0.15, -0.1) is 0 Å². The summed E-state index contributed by atoms with van der Waals surface area (Å²) in [5.41, 5.74) is 6.08. The first-order valence-corrected chi connectivity index (χ1v) is 5.60. The van der Waals surface area contributed by atoms with Crippen molar-refractivity contribution in [2.45, 2.75) is 25.9 Å². The van der Waals surface area contributed by atoms with Crippen molar-refractivity contribution in [3.05, 3.63) is 18.0 Å². The van der Waals surface area contributed by atoms with Crippen LogP contribution in [0.5, 0.6) is 0 Å². The Hall–Kier alpha value is -1.89. The van der Waals surface area contributed by atoms with Gasteiger partial charge in [-0.1, -0.05) is 13.8 Å². The van der Waals surface area contributed by atoms with E-state index in [0.29, 0.717) is 5.56 Å². The lowest BCUT2D eigenvalue weighted by atomic mass is 10.0. The van der Waals surface area contributed by atoms with Crippen molar-refractivity contribution in [3.63, 3.8) is 0 Å². The number of nitrogens with one attached hydrogen (secondary N) is 1. The molecule has 1 unspecified atom stereocenters. The number of carboxylic acid groups (broad SMARTS) is 1. The highest BCUT2D eigenvalue weighted by atomic mass is 16.4. The van der Waals surface area contributed by atoms with E-state index in [0.717, 1.165) is 0 Å². The van der Waals surface area contributed by atoms with E-state index >= 15 is 0 Å². The Morgan fingerprint density at radius 1 is 1.50 bits per heavy atom. The Kier molecular flexibility index (Phi) is 4.43. The molecule has 4 N–H and O–H groups in total. The zero-order valence-corrected chi connectivity index (χ0v) is 10.6. The van der Waals surface area contributed by atoms with Gasteiger partial charge in [0.2, 0.25) is 5.91 Å². The SMILES string of the molecule is CC(C)[C@@H](N)C(=O)NC(C(=O)O)c1cnn(C)c1. The Labute approximate surface area is 105 Å². The number of hydrogen-bond donors (Lipinski definition) is 3. The Morgan fingerprint density at radius 2 is 2.11 bits per heavy atom. The molecule has 7 heteroatoms. The number of nitrogens with zero attached hydrogens (tertiary/aromatic N) is 2. The van der Waals surface area contributed by atoms with Crippen LogP contribution in [-0.2, 0) is 16.6 Å². The predicted molar refractivity (Wildman–Crippen MR) is 64.5 cm³/mol. The van der Waals surface area contributed by atoms with Crippen LogP contribution in [0.4, 0.5) is 0 Å². The molecule has 1 aromatic rings. The molecule has 1 heterocycles. The number of aromatic nitrogens is 2. The van der Waals surface area contributed by atoms with Crippen LogP contribution in [0.25, 0.3) is 0 Å². The van der Waals surface area contributed by atoms with Crippen molar-refractivity contribution in [2.75, 3.05) is 0 Å². The second-order valence-electron chi connectivity index (χ2n) is 4.50. The van der Waals surface area contributed by atoms with E-state index in [1.54, 1.807) is 27.1 Å². The van der Waals surface area contributed by atoms with Crippen LogP contribution >= 0.6 is 0 Å². The molecule has 2 atom stereocenters. The molecule has 0 aliphatic rings. The van der Waals surface area contributed by atoms with Gasteiger partial charge >= 0.3 is 5.97 Å². The summed E-state index contributed by atoms with van der Waals surface area (Å²) in [6.07, 6.45) is 2.94. The van der Waals surface area contributed by atoms with Crippen LogP contribution in [-0.4, -0.2) is 32.8 Å². The van der Waals surface area contributed by atoms with Crippen LogP contribution in [0.15, 0.2) is 12.4 Å². The second kappa shape index (κ2) is 5.63. The lowest BCUT2D eigenvalue weighted by molar-refractivity contribution is -0.142. The van der Waals surface area contributed by atoms with Gasteiger partial charge in [0.15, 0.2) is 6.04 Å². The number of hydrogen-bond acceptors (Lipinski definition) is 4. The van der Waals surface area contributed by atoms with Gasteiger partial charge in [-0.3, -0.25) is 9.48 Å². The Balaban J connectivity index is 2.82. The Bertz CT molecular complexity index is 441. The maximum atomic E-state index is 11.8. The Morgan fingerprint density at radius 3 is 2.50 bits per heavy atom. The molecule has 0 aliphatic carbocycles. The van der Waals surface area contributed by atoms with Gasteiger partial charge in [0, 0.05) is 18.8 Å². The lowest BCUT2D eigenvalue weighted by Gasteiger charge is -2.19. The zero-order chi connectivity index (χ0) is 13.9. The van der Waals surface area contributed by atoms with E-state index < -0.39 is 24.0 Å². The number of amides is 1. The molecule has 100 valence electrons. The molecule has 1 rings (SSSR count). The van der Waals surface area contributed by atoms with Gasteiger partial charge in [-0.25, -0.2) is 4.79 Å². The molecule has 1 aromatic heterocycles. The topological polar surface area (TPSA) is 110 Å². The molecule has 0 aromatic carbocycles. The average Bonchev–Trinajstić information content (AvgIpc) is 2.70. The fourth-order valence-electron chi connectivity index (χ4n) is 1.42. The van der Waals surface area contributed by atoms with Crippen LogP contribution in [0, 0.1) is 5.92 Å². The monoisotopic (exact) mass is 254 g/mol. The lowest BCUT2D eigenvalue weighted by Crippen LogP contribution is -2.46. The summed E-state index contributed by atoms with van der Waals surface area (Å²) in [7, 11) is 1.67. The average molecular weight is 254 g/mol. The minimum atomic E-state index is -1.15. The van der Waals surface area contributed by atoms with E-state index in [9.17, 15) is 9.59 Å². The normalized spacial score (nSPS) is 14.3. The van der Waals surface area contributed by atoms with E-state index in [1.807, 2.05) is 0 Å². The highest BCUT2D eigenvalue weighted by Crippen LogP contribution is 2.12. The minimum absolute atomic E-state index is 0.0617. The van der Waals surface area contributed by atoms with Crippen LogP contribution in [0.3, 0.4) is 0 Å². The summed E-state index contributed by atoms with van der Waals surface area (Å²) < 4.78 is 1.47. The third-order valence-electron chi connectivity index (χ3n) is 2.61. The van der Waals surface area contributed by atoms with Crippen molar-refractivity contribution in [2.24, 2.45) is 18.7 Å². The summed E-state index contributed by atoms with van der Waals surface area (Å²) in [6.45, 7) is 3.59. The first kappa shape index (κ1) is 14.2. The molecular weight excluding hydrogens is 236 g/mol. The number of rotatable bonds is 5. The third-order valence-corrected chi connectivity index (χ3v) is 2.61. The van der Waals surface area contributed by atoms with E-state index in [4.69, 9.17) is 10.8 Å². The van der Waals surface area contributed by atoms with Crippen LogP contribution < -0.4 is 11.1 Å². The first-order chi connectivity index (χ1) is 8.32. The standard InChI is InChI=1S/C11H18N4O3/c1-6(2)8(12)10(16)14-9(11(17)18)7-4-13-15(3)5-7/h4-6,8-9H,12H2,1-3H3,(H,14,16)(H,17,18)/t8-,9?/m1/s1. The quantitative estimate of drug-likeness (QED) is 0.665. The molecule has 0 bridgehead atoms. The molecule has 0 spiro atoms. The van der Waals surface area contributed by atoms with Gasteiger partial charge in [0.25, 0.3) is 0 Å². The fourth-order valence-corrected chi connectivity index (χ4v) is 1.42. The summed E-state index contributed by atoms with van der Waals surface area (Å²) in [6, 6.07) is -1.86. The number of aliphatic carboxylic acids is 1. The summed E-state index contributed by atoms with van der Waals surface area (Å²) >= 11 is 0. The van der Waals surface area contributed by atoms with Gasteiger partial charge in [0.05, 0.1) is 12.2 Å². The number of carbonyl (C=O) groups excluding carboxylic acids is 1. The maximum absolute atomic E-state index is 11.8. The van der Waals surface area contributed by atoms with E-state index in [-0.39, 0.29) is 5.92 Å². The molecule has 0 radical (unpaired) electrons. The molecule has 0 saturated heterocycles. The molecular formula is C11H18N4O3. The van der Waals surface area contributed by atoms with Crippen LogP contribution in [0.2, 0.25) is 0 Å². The largest absolute Gasteiger partial charge is 0.479 e. The van der Waals surface area contributed by atoms with Crippen molar-refractivity contribution in [1.29, 1.82) is 0 Å². The highest BCUT2D eigenvalue weighted by Gasteiger charge is 2.26. The molecule has 1 amide bonds. The maximum Gasteiger partial charge on any atom is 0.331 e. The predicted octanol–water partition coefficient (Wildman–Crippen LogP) is -0.355. The summed E-state index contributed by atoms with van der Waals surface area (Å²) in [5.74, 6) is -1.69. The number of nitrogens with two attached hydrogens (primary N) is 1. The number of carboxylic acids is 1. The smallest absolute Gasteiger partial charge is 0.331 e. The van der Waals surface area contributed by atoms with Crippen molar-refractivity contribution in [1.82, 2.24) is 15.1 Å². The number of carbonyl (C=O) groups is 2. The van der Waals surface area contributed by atoms with Gasteiger partial charge in [0.1, 0.15) is 0 Å². The van der Waals surface area contributed by atoms with E-state index in [2.05, 4.69) is 10.4 Å². The summed E-state index contributed by atoms with van der Waals surface area (Å²) in [5, 5.41) is 15.4. The molecule has 7 nitrogen and oxygen atoms in total. The molecule has 0 aliphatic heterocycles. The molecule has 0 fully saturated rings. The highest BCUT2D eigenvalue weighted by molar-refractivity contribution is 5.87. The minimum Gasteiger partial charge on any atom is -0.479 e. The molecule has 0 saturated carbocycles. The van der Waals surface area contributed by atoms with Crippen molar-refractivity contribution < 1.29 is 14.7 Å². The first-order valence-electron chi connectivity index (χ1n) is 5.60. The van der Waals surface area contributed by atoms with Gasteiger partial charge in [-0.2, -0.15) is 5.10 Å². The zero-order valence-electron chi connectivity index (χ0n) is 10.6. The van der Waals surface area contributed by atoms with Crippen molar-refractivity contribution >= 4 is 11.9 Å². The van der Waals surface area contributed by atoms with Gasteiger partial charge < -0.3 is 16.2 Å².